The minimum atomic E-state index is 0.979. The van der Waals surface area contributed by atoms with Crippen LogP contribution < -0.4 is 0 Å². The Morgan fingerprint density at radius 2 is 2.07 bits per heavy atom. The van der Waals surface area contributed by atoms with E-state index in [-0.39, 0.29) is 0 Å². The van der Waals surface area contributed by atoms with E-state index in [1.165, 1.54) is 24.0 Å². The van der Waals surface area contributed by atoms with Crippen molar-refractivity contribution in [3.63, 3.8) is 0 Å². The summed E-state index contributed by atoms with van der Waals surface area (Å²) in [5.74, 6) is 0. The third kappa shape index (κ3) is 2.14. The summed E-state index contributed by atoms with van der Waals surface area (Å²) < 4.78 is 0. The quantitative estimate of drug-likeness (QED) is 0.626. The fourth-order valence-corrected chi connectivity index (χ4v) is 1.80. The molecule has 14 heavy (non-hydrogen) atoms. The standard InChI is InChI=1S/C14H16/c1-2-5-12-6-4-9-14(10-12)11-13-7-3-8-13/h2,4,6-7,9-10H,1,3,5,8,11H2. The average molecular weight is 184 g/mol. The predicted octanol–water partition coefficient (Wildman–Crippen LogP) is 3.68. The largest absolute Gasteiger partial charge is 0.103 e. The van der Waals surface area contributed by atoms with E-state index < -0.39 is 0 Å². The van der Waals surface area contributed by atoms with Gasteiger partial charge in [0.1, 0.15) is 0 Å². The number of hydrogen-bond donors (Lipinski definition) is 0. The summed E-state index contributed by atoms with van der Waals surface area (Å²) in [6.45, 7) is 3.76. The van der Waals surface area contributed by atoms with Crippen molar-refractivity contribution < 1.29 is 0 Å². The molecule has 1 aliphatic carbocycles. The molecular weight excluding hydrogens is 168 g/mol. The monoisotopic (exact) mass is 184 g/mol. The van der Waals surface area contributed by atoms with Crippen molar-refractivity contribution in [3.8, 4) is 0 Å². The average Bonchev–Trinajstić information content (AvgIpc) is 2.13. The van der Waals surface area contributed by atoms with Gasteiger partial charge in [-0.1, -0.05) is 42.0 Å². The van der Waals surface area contributed by atoms with Crippen LogP contribution in [0.4, 0.5) is 0 Å². The predicted molar refractivity (Wildman–Crippen MR) is 61.4 cm³/mol. The van der Waals surface area contributed by atoms with E-state index in [9.17, 15) is 0 Å². The van der Waals surface area contributed by atoms with Crippen molar-refractivity contribution in [1.29, 1.82) is 0 Å². The van der Waals surface area contributed by atoms with Crippen molar-refractivity contribution in [3.05, 3.63) is 59.7 Å². The number of hydrogen-bond acceptors (Lipinski definition) is 0. The van der Waals surface area contributed by atoms with Crippen LogP contribution in [0.5, 0.6) is 0 Å². The van der Waals surface area contributed by atoms with Crippen molar-refractivity contribution in [2.75, 3.05) is 0 Å². The summed E-state index contributed by atoms with van der Waals surface area (Å²) in [6.07, 6.45) is 9.01. The lowest BCUT2D eigenvalue weighted by atomic mass is 9.92. The van der Waals surface area contributed by atoms with Gasteiger partial charge in [0.15, 0.2) is 0 Å². The van der Waals surface area contributed by atoms with Gasteiger partial charge < -0.3 is 0 Å². The van der Waals surface area contributed by atoms with Crippen LogP contribution in [-0.4, -0.2) is 0 Å². The lowest BCUT2D eigenvalue weighted by molar-refractivity contribution is 0.829. The molecule has 0 heteroatoms. The number of benzene rings is 1. The molecule has 0 amide bonds. The summed E-state index contributed by atoms with van der Waals surface area (Å²) in [7, 11) is 0. The molecule has 0 saturated heterocycles. The van der Waals surface area contributed by atoms with Crippen LogP contribution in [0.1, 0.15) is 24.0 Å². The van der Waals surface area contributed by atoms with Crippen molar-refractivity contribution >= 4 is 0 Å². The second-order valence-corrected chi connectivity index (χ2v) is 3.89. The fraction of sp³-hybridized carbons (Fsp3) is 0.286. The van der Waals surface area contributed by atoms with E-state index in [1.807, 2.05) is 6.08 Å². The summed E-state index contributed by atoms with van der Waals surface area (Å²) in [5.41, 5.74) is 4.41. The molecule has 0 spiro atoms. The van der Waals surface area contributed by atoms with Gasteiger partial charge in [0.25, 0.3) is 0 Å². The second kappa shape index (κ2) is 4.28. The Hall–Kier alpha value is -1.30. The Balaban J connectivity index is 2.08. The molecule has 0 aliphatic heterocycles. The first-order valence-corrected chi connectivity index (χ1v) is 5.25. The van der Waals surface area contributed by atoms with E-state index in [1.54, 1.807) is 5.57 Å². The molecule has 0 radical (unpaired) electrons. The maximum atomic E-state index is 3.76. The van der Waals surface area contributed by atoms with Gasteiger partial charge in [-0.25, -0.2) is 0 Å². The summed E-state index contributed by atoms with van der Waals surface area (Å²) in [6, 6.07) is 8.82. The van der Waals surface area contributed by atoms with Crippen LogP contribution in [0.25, 0.3) is 0 Å². The van der Waals surface area contributed by atoms with Crippen molar-refractivity contribution in [1.82, 2.24) is 0 Å². The molecule has 0 atom stereocenters. The molecule has 1 aromatic rings. The van der Waals surface area contributed by atoms with Crippen LogP contribution in [-0.2, 0) is 12.8 Å². The molecule has 0 saturated carbocycles. The number of allylic oxidation sites excluding steroid dienone is 3. The van der Waals surface area contributed by atoms with Gasteiger partial charge in [0.2, 0.25) is 0 Å². The molecular formula is C14H16. The molecule has 1 aromatic carbocycles. The third-order valence-electron chi connectivity index (χ3n) is 2.70. The van der Waals surface area contributed by atoms with Gasteiger partial charge in [0, 0.05) is 0 Å². The highest BCUT2D eigenvalue weighted by atomic mass is 14.1. The molecule has 2 rings (SSSR count). The first-order valence-electron chi connectivity index (χ1n) is 5.25. The molecule has 1 aliphatic rings. The van der Waals surface area contributed by atoms with Gasteiger partial charge in [-0.05, 0) is 36.8 Å². The first kappa shape index (κ1) is 9.26. The van der Waals surface area contributed by atoms with E-state index >= 15 is 0 Å². The zero-order chi connectivity index (χ0) is 9.80. The van der Waals surface area contributed by atoms with Gasteiger partial charge in [-0.2, -0.15) is 0 Å². The Kier molecular flexibility index (Phi) is 2.83. The summed E-state index contributed by atoms with van der Waals surface area (Å²) in [4.78, 5) is 0. The Morgan fingerprint density at radius 3 is 2.71 bits per heavy atom. The zero-order valence-corrected chi connectivity index (χ0v) is 8.50. The Morgan fingerprint density at radius 1 is 1.29 bits per heavy atom. The lowest BCUT2D eigenvalue weighted by Gasteiger charge is -2.14. The van der Waals surface area contributed by atoms with Gasteiger partial charge in [-0.15, -0.1) is 6.58 Å². The normalized spacial score (nSPS) is 14.4. The molecule has 72 valence electrons. The van der Waals surface area contributed by atoms with Crippen molar-refractivity contribution in [2.24, 2.45) is 0 Å². The second-order valence-electron chi connectivity index (χ2n) is 3.89. The SMILES string of the molecule is C=CCc1cccc(CC2=CCC2)c1. The summed E-state index contributed by atoms with van der Waals surface area (Å²) in [5, 5.41) is 0. The first-order chi connectivity index (χ1) is 6.88. The van der Waals surface area contributed by atoms with Crippen LogP contribution in [0.15, 0.2) is 48.6 Å². The minimum absolute atomic E-state index is 0.979. The van der Waals surface area contributed by atoms with Crippen LogP contribution in [0, 0.1) is 0 Å². The summed E-state index contributed by atoms with van der Waals surface area (Å²) >= 11 is 0. The van der Waals surface area contributed by atoms with Crippen LogP contribution in [0.3, 0.4) is 0 Å². The topological polar surface area (TPSA) is 0 Å². The molecule has 0 aromatic heterocycles. The molecule has 0 heterocycles. The molecule has 0 fully saturated rings. The number of rotatable bonds is 4. The maximum Gasteiger partial charge on any atom is -0.00669 e. The Labute approximate surface area is 86.0 Å². The molecule has 0 nitrogen and oxygen atoms in total. The maximum absolute atomic E-state index is 3.76. The van der Waals surface area contributed by atoms with E-state index in [0.717, 1.165) is 12.8 Å². The van der Waals surface area contributed by atoms with Gasteiger partial charge >= 0.3 is 0 Å². The lowest BCUT2D eigenvalue weighted by Crippen LogP contribution is -1.98. The Bertz CT molecular complexity index is 358. The van der Waals surface area contributed by atoms with Crippen LogP contribution in [0.2, 0.25) is 0 Å². The highest BCUT2D eigenvalue weighted by Gasteiger charge is 2.06. The molecule has 0 N–H and O–H groups in total. The minimum Gasteiger partial charge on any atom is -0.103 e. The van der Waals surface area contributed by atoms with Gasteiger partial charge in [0.05, 0.1) is 0 Å². The highest BCUT2D eigenvalue weighted by molar-refractivity contribution is 5.30. The molecule has 0 bridgehead atoms. The van der Waals surface area contributed by atoms with Gasteiger partial charge in [-0.3, -0.25) is 0 Å². The van der Waals surface area contributed by atoms with Crippen molar-refractivity contribution in [2.45, 2.75) is 25.7 Å². The highest BCUT2D eigenvalue weighted by Crippen LogP contribution is 2.22. The van der Waals surface area contributed by atoms with Crippen LogP contribution >= 0.6 is 0 Å². The zero-order valence-electron chi connectivity index (χ0n) is 8.50. The molecule has 0 unspecified atom stereocenters. The smallest absolute Gasteiger partial charge is 0.00669 e. The van der Waals surface area contributed by atoms with E-state index in [2.05, 4.69) is 36.9 Å². The van der Waals surface area contributed by atoms with E-state index in [0.29, 0.717) is 0 Å². The fourth-order valence-electron chi connectivity index (χ4n) is 1.80. The third-order valence-corrected chi connectivity index (χ3v) is 2.70. The van der Waals surface area contributed by atoms with E-state index in [4.69, 9.17) is 0 Å².